The zero-order valence-electron chi connectivity index (χ0n) is 13.5. The Kier molecular flexibility index (Phi) is 5.99. The molecule has 0 spiro atoms. The van der Waals surface area contributed by atoms with Gasteiger partial charge in [-0.25, -0.2) is 0 Å². The molecule has 0 aliphatic carbocycles. The highest BCUT2D eigenvalue weighted by atomic mass is 35.5. The Morgan fingerprint density at radius 3 is 2.69 bits per heavy atom. The standard InChI is InChI=1S/C19H13Cl3N2OS/c1-2-9-24-18-15(22)10-13(20)11-16(18)26-19(24)23-17(25)8-7-12-5-3-4-6-14(12)21/h2-8,10-11H,1,9H2/b8-7+,23-19?. The van der Waals surface area contributed by atoms with Crippen LogP contribution in [0.25, 0.3) is 16.3 Å². The zero-order chi connectivity index (χ0) is 18.7. The van der Waals surface area contributed by atoms with Gasteiger partial charge >= 0.3 is 0 Å². The first-order valence-electron chi connectivity index (χ1n) is 7.60. The van der Waals surface area contributed by atoms with Gasteiger partial charge in [0.05, 0.1) is 15.2 Å². The topological polar surface area (TPSA) is 34.4 Å². The third kappa shape index (κ3) is 4.10. The largest absolute Gasteiger partial charge is 0.311 e. The van der Waals surface area contributed by atoms with E-state index in [4.69, 9.17) is 34.8 Å². The highest BCUT2D eigenvalue weighted by molar-refractivity contribution is 7.16. The number of allylic oxidation sites excluding steroid dienone is 1. The molecule has 1 aromatic heterocycles. The van der Waals surface area contributed by atoms with Crippen LogP contribution < -0.4 is 4.80 Å². The molecule has 0 radical (unpaired) electrons. The quantitative estimate of drug-likeness (QED) is 0.375. The maximum Gasteiger partial charge on any atom is 0.272 e. The SMILES string of the molecule is C=CCn1c(=NC(=O)/C=C/c2ccccc2Cl)sc2cc(Cl)cc(Cl)c21. The van der Waals surface area contributed by atoms with E-state index in [0.717, 1.165) is 15.8 Å². The van der Waals surface area contributed by atoms with Crippen LogP contribution in [-0.2, 0) is 11.3 Å². The van der Waals surface area contributed by atoms with Crippen LogP contribution in [-0.4, -0.2) is 10.5 Å². The highest BCUT2D eigenvalue weighted by Crippen LogP contribution is 2.29. The monoisotopic (exact) mass is 422 g/mol. The molecule has 0 bridgehead atoms. The van der Waals surface area contributed by atoms with Gasteiger partial charge < -0.3 is 4.57 Å². The lowest BCUT2D eigenvalue weighted by Crippen LogP contribution is -2.15. The average molecular weight is 424 g/mol. The number of nitrogens with zero attached hydrogens (tertiary/aromatic N) is 2. The lowest BCUT2D eigenvalue weighted by molar-refractivity contribution is -0.113. The molecule has 2 aromatic carbocycles. The van der Waals surface area contributed by atoms with E-state index in [2.05, 4.69) is 11.6 Å². The van der Waals surface area contributed by atoms with E-state index in [1.807, 2.05) is 22.8 Å². The van der Waals surface area contributed by atoms with Gasteiger partial charge in [0.2, 0.25) is 0 Å². The summed E-state index contributed by atoms with van der Waals surface area (Å²) in [5.41, 5.74) is 1.53. The molecule has 3 nitrogen and oxygen atoms in total. The summed E-state index contributed by atoms with van der Waals surface area (Å²) in [5, 5.41) is 1.61. The second-order valence-electron chi connectivity index (χ2n) is 5.32. The molecular formula is C19H13Cl3N2OS. The summed E-state index contributed by atoms with van der Waals surface area (Å²) in [6, 6.07) is 10.7. The second-order valence-corrected chi connectivity index (χ2v) is 7.58. The van der Waals surface area contributed by atoms with Crippen LogP contribution in [0.5, 0.6) is 0 Å². The molecule has 0 fully saturated rings. The lowest BCUT2D eigenvalue weighted by atomic mass is 10.2. The van der Waals surface area contributed by atoms with Crippen LogP contribution in [0, 0.1) is 0 Å². The molecule has 0 aliphatic heterocycles. The summed E-state index contributed by atoms with van der Waals surface area (Å²) in [6.07, 6.45) is 4.75. The van der Waals surface area contributed by atoms with E-state index in [0.29, 0.717) is 26.4 Å². The van der Waals surface area contributed by atoms with E-state index in [1.54, 1.807) is 30.4 Å². The second kappa shape index (κ2) is 8.23. The summed E-state index contributed by atoms with van der Waals surface area (Å²) in [5.74, 6) is -0.392. The van der Waals surface area contributed by atoms with Gasteiger partial charge in [0.1, 0.15) is 0 Å². The van der Waals surface area contributed by atoms with Gasteiger partial charge in [-0.1, -0.05) is 70.4 Å². The summed E-state index contributed by atoms with van der Waals surface area (Å²) >= 11 is 19.8. The lowest BCUT2D eigenvalue weighted by Gasteiger charge is -2.03. The zero-order valence-corrected chi connectivity index (χ0v) is 16.5. The maximum atomic E-state index is 12.3. The predicted octanol–water partition coefficient (Wildman–Crippen LogP) is 5.99. The minimum atomic E-state index is -0.392. The number of carbonyl (C=O) groups is 1. The van der Waals surface area contributed by atoms with E-state index in [1.165, 1.54) is 17.4 Å². The van der Waals surface area contributed by atoms with E-state index < -0.39 is 5.91 Å². The Bertz CT molecular complexity index is 1100. The molecule has 3 rings (SSSR count). The fraction of sp³-hybridized carbons (Fsp3) is 0.0526. The van der Waals surface area contributed by atoms with E-state index in [-0.39, 0.29) is 0 Å². The normalized spacial score (nSPS) is 12.2. The molecular weight excluding hydrogens is 411 g/mol. The Labute approximate surface area is 169 Å². The Morgan fingerprint density at radius 1 is 1.19 bits per heavy atom. The first-order valence-corrected chi connectivity index (χ1v) is 9.55. The number of hydrogen-bond acceptors (Lipinski definition) is 2. The predicted molar refractivity (Wildman–Crippen MR) is 111 cm³/mol. The molecule has 0 saturated heterocycles. The first kappa shape index (κ1) is 18.9. The fourth-order valence-corrected chi connectivity index (χ4v) is 4.44. The molecule has 0 saturated carbocycles. The van der Waals surface area contributed by atoms with Crippen molar-refractivity contribution in [3.05, 3.63) is 80.6 Å². The number of fused-ring (bicyclic) bond motifs is 1. The van der Waals surface area contributed by atoms with Crippen LogP contribution in [0.3, 0.4) is 0 Å². The van der Waals surface area contributed by atoms with Crippen molar-refractivity contribution in [1.29, 1.82) is 0 Å². The smallest absolute Gasteiger partial charge is 0.272 e. The molecule has 0 atom stereocenters. The molecule has 3 aromatic rings. The third-order valence-electron chi connectivity index (χ3n) is 3.52. The van der Waals surface area contributed by atoms with Gasteiger partial charge in [-0.2, -0.15) is 4.99 Å². The van der Waals surface area contributed by atoms with Gasteiger partial charge in [0.25, 0.3) is 5.91 Å². The number of halogens is 3. The van der Waals surface area contributed by atoms with E-state index in [9.17, 15) is 4.79 Å². The molecule has 0 N–H and O–H groups in total. The number of aromatic nitrogens is 1. The molecule has 7 heteroatoms. The number of rotatable bonds is 4. The molecule has 0 unspecified atom stereocenters. The van der Waals surface area contributed by atoms with Crippen molar-refractivity contribution < 1.29 is 4.79 Å². The summed E-state index contributed by atoms with van der Waals surface area (Å²) in [6.45, 7) is 4.23. The van der Waals surface area contributed by atoms with Crippen molar-refractivity contribution in [2.24, 2.45) is 4.99 Å². The Balaban J connectivity index is 2.05. The molecule has 26 heavy (non-hydrogen) atoms. The van der Waals surface area contributed by atoms with Crippen LogP contribution in [0.4, 0.5) is 0 Å². The first-order chi connectivity index (χ1) is 12.5. The van der Waals surface area contributed by atoms with Gasteiger partial charge in [0, 0.05) is 22.7 Å². The van der Waals surface area contributed by atoms with Crippen LogP contribution in [0.15, 0.2) is 60.1 Å². The number of carbonyl (C=O) groups excluding carboxylic acids is 1. The van der Waals surface area contributed by atoms with Gasteiger partial charge in [-0.05, 0) is 29.8 Å². The molecule has 132 valence electrons. The minimum absolute atomic E-state index is 0.392. The van der Waals surface area contributed by atoms with Crippen molar-refractivity contribution in [2.45, 2.75) is 6.54 Å². The van der Waals surface area contributed by atoms with E-state index >= 15 is 0 Å². The van der Waals surface area contributed by atoms with Crippen LogP contribution in [0.2, 0.25) is 15.1 Å². The highest BCUT2D eigenvalue weighted by Gasteiger charge is 2.11. The average Bonchev–Trinajstić information content (AvgIpc) is 2.92. The number of thiazole rings is 1. The maximum absolute atomic E-state index is 12.3. The summed E-state index contributed by atoms with van der Waals surface area (Å²) in [7, 11) is 0. The van der Waals surface area contributed by atoms with Crippen molar-refractivity contribution in [3.63, 3.8) is 0 Å². The summed E-state index contributed by atoms with van der Waals surface area (Å²) < 4.78 is 2.69. The number of hydrogen-bond donors (Lipinski definition) is 0. The molecule has 0 aliphatic rings. The Morgan fingerprint density at radius 2 is 1.96 bits per heavy atom. The fourth-order valence-electron chi connectivity index (χ4n) is 2.42. The summed E-state index contributed by atoms with van der Waals surface area (Å²) in [4.78, 5) is 17.0. The van der Waals surface area contributed by atoms with Gasteiger partial charge in [-0.3, -0.25) is 4.79 Å². The minimum Gasteiger partial charge on any atom is -0.311 e. The number of benzene rings is 2. The van der Waals surface area contributed by atoms with Gasteiger partial charge in [0.15, 0.2) is 4.80 Å². The molecule has 1 amide bonds. The van der Waals surface area contributed by atoms with Crippen LogP contribution in [0.1, 0.15) is 5.56 Å². The third-order valence-corrected chi connectivity index (χ3v) is 5.40. The Hall–Kier alpha value is -1.85. The van der Waals surface area contributed by atoms with Crippen LogP contribution >= 0.6 is 46.1 Å². The van der Waals surface area contributed by atoms with Crippen molar-refractivity contribution in [3.8, 4) is 0 Å². The van der Waals surface area contributed by atoms with Crippen molar-refractivity contribution in [1.82, 2.24) is 4.57 Å². The van der Waals surface area contributed by atoms with Gasteiger partial charge in [-0.15, -0.1) is 6.58 Å². The van der Waals surface area contributed by atoms with Crippen molar-refractivity contribution in [2.75, 3.05) is 0 Å². The number of amides is 1. The molecule has 1 heterocycles. The van der Waals surface area contributed by atoms with Crippen molar-refractivity contribution >= 4 is 68.3 Å².